The molecule has 0 bridgehead atoms. The van der Waals surface area contributed by atoms with Crippen LogP contribution in [0.3, 0.4) is 0 Å². The molecule has 2 rings (SSSR count). The van der Waals surface area contributed by atoms with Crippen molar-refractivity contribution in [3.8, 4) is 0 Å². The Labute approximate surface area is 111 Å². The molecule has 2 aliphatic rings. The summed E-state index contributed by atoms with van der Waals surface area (Å²) in [5, 5.41) is 0. The number of rotatable bonds is 3. The van der Waals surface area contributed by atoms with E-state index in [1.54, 1.807) is 0 Å². The van der Waals surface area contributed by atoms with Gasteiger partial charge in [0.25, 0.3) is 0 Å². The number of hydrogen-bond acceptors (Lipinski definition) is 2. The van der Waals surface area contributed by atoms with Crippen molar-refractivity contribution in [2.75, 3.05) is 13.6 Å². The zero-order chi connectivity index (χ0) is 11.6. The Morgan fingerprint density at radius 1 is 1.24 bits per heavy atom. The average molecular weight is 261 g/mol. The van der Waals surface area contributed by atoms with Crippen LogP contribution in [0, 0.1) is 5.92 Å². The smallest absolute Gasteiger partial charge is 0.242 e. The number of carbonyl (C=O) groups excluding carboxylic acids is 1. The van der Waals surface area contributed by atoms with E-state index in [0.29, 0.717) is 0 Å². The highest BCUT2D eigenvalue weighted by Gasteiger charge is 2.39. The monoisotopic (exact) mass is 260 g/mol. The molecular weight excluding hydrogens is 236 g/mol. The lowest BCUT2D eigenvalue weighted by molar-refractivity contribution is -0.136. The van der Waals surface area contributed by atoms with Crippen molar-refractivity contribution >= 4 is 18.3 Å². The fraction of sp³-hybridized carbons (Fsp3) is 0.923. The molecule has 0 spiro atoms. The van der Waals surface area contributed by atoms with Gasteiger partial charge in [-0.2, -0.15) is 0 Å². The third-order valence-electron chi connectivity index (χ3n) is 4.28. The Morgan fingerprint density at radius 2 is 1.76 bits per heavy atom. The SMILES string of the molecule is CN(CC1CCCC1)C(=O)C1(N)CCCC1.Cl. The van der Waals surface area contributed by atoms with Gasteiger partial charge in [-0.1, -0.05) is 25.7 Å². The summed E-state index contributed by atoms with van der Waals surface area (Å²) in [5.74, 6) is 0.899. The summed E-state index contributed by atoms with van der Waals surface area (Å²) in [6, 6.07) is 0. The van der Waals surface area contributed by atoms with Crippen LogP contribution in [0.2, 0.25) is 0 Å². The molecule has 0 saturated heterocycles. The summed E-state index contributed by atoms with van der Waals surface area (Å²) in [5.41, 5.74) is 5.65. The van der Waals surface area contributed by atoms with E-state index < -0.39 is 5.54 Å². The maximum atomic E-state index is 12.3. The van der Waals surface area contributed by atoms with Gasteiger partial charge in [0.1, 0.15) is 0 Å². The van der Waals surface area contributed by atoms with Crippen LogP contribution in [-0.2, 0) is 4.79 Å². The maximum Gasteiger partial charge on any atom is 0.242 e. The van der Waals surface area contributed by atoms with Crippen molar-refractivity contribution in [3.63, 3.8) is 0 Å². The number of nitrogens with zero attached hydrogens (tertiary/aromatic N) is 1. The predicted molar refractivity (Wildman–Crippen MR) is 72.2 cm³/mol. The topological polar surface area (TPSA) is 46.3 Å². The summed E-state index contributed by atoms with van der Waals surface area (Å²) >= 11 is 0. The van der Waals surface area contributed by atoms with Gasteiger partial charge in [0.05, 0.1) is 5.54 Å². The summed E-state index contributed by atoms with van der Waals surface area (Å²) in [7, 11) is 1.92. The van der Waals surface area contributed by atoms with Gasteiger partial charge in [0.15, 0.2) is 0 Å². The average Bonchev–Trinajstić information content (AvgIpc) is 2.89. The lowest BCUT2D eigenvalue weighted by Gasteiger charge is -2.30. The fourth-order valence-electron chi connectivity index (χ4n) is 3.26. The normalized spacial score (nSPS) is 23.4. The highest BCUT2D eigenvalue weighted by atomic mass is 35.5. The first-order valence-electron chi connectivity index (χ1n) is 6.66. The Bertz CT molecular complexity index is 258. The van der Waals surface area contributed by atoms with Gasteiger partial charge in [-0.05, 0) is 31.6 Å². The second-order valence-corrected chi connectivity index (χ2v) is 5.70. The van der Waals surface area contributed by atoms with Crippen LogP contribution in [0.25, 0.3) is 0 Å². The molecular formula is C13H25ClN2O. The van der Waals surface area contributed by atoms with Crippen molar-refractivity contribution in [1.82, 2.24) is 4.90 Å². The summed E-state index contributed by atoms with van der Waals surface area (Å²) in [6.45, 7) is 0.914. The molecule has 0 radical (unpaired) electrons. The predicted octanol–water partition coefficient (Wildman–Crippen LogP) is 2.33. The number of likely N-dealkylation sites (N-methyl/N-ethyl adjacent to an activating group) is 1. The second kappa shape index (κ2) is 6.05. The number of nitrogens with two attached hydrogens (primary N) is 1. The van der Waals surface area contributed by atoms with Crippen molar-refractivity contribution in [1.29, 1.82) is 0 Å². The van der Waals surface area contributed by atoms with Crippen LogP contribution in [0.4, 0.5) is 0 Å². The molecule has 0 atom stereocenters. The molecule has 17 heavy (non-hydrogen) atoms. The van der Waals surface area contributed by atoms with Crippen LogP contribution in [0.15, 0.2) is 0 Å². The number of hydrogen-bond donors (Lipinski definition) is 1. The molecule has 2 saturated carbocycles. The van der Waals surface area contributed by atoms with E-state index in [1.165, 1.54) is 25.7 Å². The van der Waals surface area contributed by atoms with Crippen LogP contribution in [0.5, 0.6) is 0 Å². The number of carbonyl (C=O) groups is 1. The van der Waals surface area contributed by atoms with Crippen LogP contribution in [-0.4, -0.2) is 29.9 Å². The molecule has 0 unspecified atom stereocenters. The third kappa shape index (κ3) is 3.35. The van der Waals surface area contributed by atoms with E-state index in [9.17, 15) is 4.79 Å². The molecule has 0 aromatic carbocycles. The van der Waals surface area contributed by atoms with E-state index >= 15 is 0 Å². The van der Waals surface area contributed by atoms with Crippen molar-refractivity contribution < 1.29 is 4.79 Å². The summed E-state index contributed by atoms with van der Waals surface area (Å²) < 4.78 is 0. The zero-order valence-electron chi connectivity index (χ0n) is 10.8. The van der Waals surface area contributed by atoms with Gasteiger partial charge < -0.3 is 10.6 Å². The number of halogens is 1. The quantitative estimate of drug-likeness (QED) is 0.847. The summed E-state index contributed by atoms with van der Waals surface area (Å²) in [6.07, 6.45) is 9.21. The minimum Gasteiger partial charge on any atom is -0.344 e. The zero-order valence-corrected chi connectivity index (χ0v) is 11.6. The van der Waals surface area contributed by atoms with Gasteiger partial charge in [-0.25, -0.2) is 0 Å². The van der Waals surface area contributed by atoms with Crippen LogP contribution < -0.4 is 5.73 Å². The van der Waals surface area contributed by atoms with Crippen LogP contribution in [0.1, 0.15) is 51.4 Å². The van der Waals surface area contributed by atoms with E-state index in [4.69, 9.17) is 5.73 Å². The highest BCUT2D eigenvalue weighted by molar-refractivity contribution is 5.86. The summed E-state index contributed by atoms with van der Waals surface area (Å²) in [4.78, 5) is 14.1. The van der Waals surface area contributed by atoms with E-state index in [1.807, 2.05) is 11.9 Å². The van der Waals surface area contributed by atoms with Gasteiger partial charge >= 0.3 is 0 Å². The largest absolute Gasteiger partial charge is 0.344 e. The van der Waals surface area contributed by atoms with Gasteiger partial charge in [-0.15, -0.1) is 12.4 Å². The molecule has 100 valence electrons. The third-order valence-corrected chi connectivity index (χ3v) is 4.28. The van der Waals surface area contributed by atoms with Gasteiger partial charge in [0.2, 0.25) is 5.91 Å². The highest BCUT2D eigenvalue weighted by Crippen LogP contribution is 2.30. The molecule has 0 aliphatic heterocycles. The minimum absolute atomic E-state index is 0. The molecule has 0 aromatic heterocycles. The molecule has 2 N–H and O–H groups in total. The van der Waals surface area contributed by atoms with Gasteiger partial charge in [0, 0.05) is 13.6 Å². The Kier molecular flexibility index (Phi) is 5.26. The molecule has 2 fully saturated rings. The molecule has 0 aromatic rings. The molecule has 3 nitrogen and oxygen atoms in total. The van der Waals surface area contributed by atoms with Crippen molar-refractivity contribution in [3.05, 3.63) is 0 Å². The number of amides is 1. The second-order valence-electron chi connectivity index (χ2n) is 5.70. The van der Waals surface area contributed by atoms with Crippen LogP contribution >= 0.6 is 12.4 Å². The molecule has 4 heteroatoms. The van der Waals surface area contributed by atoms with Crippen molar-refractivity contribution in [2.45, 2.75) is 56.9 Å². The van der Waals surface area contributed by atoms with Gasteiger partial charge in [-0.3, -0.25) is 4.79 Å². The van der Waals surface area contributed by atoms with E-state index in [0.717, 1.165) is 38.1 Å². The first-order chi connectivity index (χ1) is 7.62. The lowest BCUT2D eigenvalue weighted by Crippen LogP contribution is -2.53. The lowest BCUT2D eigenvalue weighted by atomic mass is 9.96. The Morgan fingerprint density at radius 3 is 2.29 bits per heavy atom. The van der Waals surface area contributed by atoms with E-state index in [2.05, 4.69) is 0 Å². The van der Waals surface area contributed by atoms with Crippen molar-refractivity contribution in [2.24, 2.45) is 11.7 Å². The standard InChI is InChI=1S/C13H24N2O.ClH/c1-15(10-11-6-2-3-7-11)12(16)13(14)8-4-5-9-13;/h11H,2-10,14H2,1H3;1H. The first-order valence-corrected chi connectivity index (χ1v) is 6.66. The molecule has 2 aliphatic carbocycles. The first kappa shape index (κ1) is 14.8. The molecule has 1 amide bonds. The Hall–Kier alpha value is -0.280. The Balaban J connectivity index is 0.00000144. The van der Waals surface area contributed by atoms with E-state index in [-0.39, 0.29) is 18.3 Å². The maximum absolute atomic E-state index is 12.3. The fourth-order valence-corrected chi connectivity index (χ4v) is 3.26. The minimum atomic E-state index is -0.534. The molecule has 0 heterocycles.